The van der Waals surface area contributed by atoms with Gasteiger partial charge in [-0.05, 0) is 38.1 Å². The lowest BCUT2D eigenvalue weighted by molar-refractivity contribution is 0.0989. The number of nitrogens with one attached hydrogen (secondary N) is 1. The molecule has 0 radical (unpaired) electrons. The van der Waals surface area contributed by atoms with Crippen molar-refractivity contribution in [2.24, 2.45) is 9.98 Å². The van der Waals surface area contributed by atoms with E-state index in [2.05, 4.69) is 15.3 Å². The summed E-state index contributed by atoms with van der Waals surface area (Å²) < 4.78 is 0. The molecule has 0 aliphatic rings. The summed E-state index contributed by atoms with van der Waals surface area (Å²) in [5, 5.41) is 22.7. The largest absolute Gasteiger partial charge is 0.507 e. The molecule has 0 heterocycles. The number of hydrogen-bond donors (Lipinski definition) is 3. The van der Waals surface area contributed by atoms with Gasteiger partial charge in [-0.25, -0.2) is 0 Å². The molecule has 7 nitrogen and oxygen atoms in total. The fraction of sp³-hybridized carbons (Fsp3) is 0.333. The molecule has 0 fully saturated rings. The third kappa shape index (κ3) is 8.14. The zero-order valence-electron chi connectivity index (χ0n) is 18.0. The van der Waals surface area contributed by atoms with Crippen LogP contribution in [-0.4, -0.2) is 59.4 Å². The van der Waals surface area contributed by atoms with Crippen LogP contribution < -0.4 is 5.32 Å². The van der Waals surface area contributed by atoms with Crippen molar-refractivity contribution in [2.45, 2.75) is 26.7 Å². The highest BCUT2D eigenvalue weighted by atomic mass is 16.3. The van der Waals surface area contributed by atoms with E-state index in [0.717, 1.165) is 0 Å². The van der Waals surface area contributed by atoms with Gasteiger partial charge in [-0.1, -0.05) is 24.3 Å². The monoisotopic (exact) mass is 423 g/mol. The minimum Gasteiger partial charge on any atom is -0.507 e. The minimum absolute atomic E-state index is 0.0138. The molecular weight excluding hydrogens is 394 g/mol. The average molecular weight is 424 g/mol. The summed E-state index contributed by atoms with van der Waals surface area (Å²) in [4.78, 5) is 33.1. The van der Waals surface area contributed by atoms with Crippen molar-refractivity contribution in [1.82, 2.24) is 5.32 Å². The number of hydrogen-bond acceptors (Lipinski definition) is 7. The number of rotatable bonds is 12. The normalized spacial score (nSPS) is 12.1. The highest BCUT2D eigenvalue weighted by Crippen LogP contribution is 2.18. The summed E-state index contributed by atoms with van der Waals surface area (Å²) in [7, 11) is 0. The van der Waals surface area contributed by atoms with Crippen molar-refractivity contribution in [3.05, 3.63) is 59.7 Å². The standard InChI is InChI=1S/C24H29N3O4/c1-17(15-23(30)19-7-3-5-9-21(19)28)26-13-11-25-12-14-27-18(2)16-24(31)20-8-4-6-10-22(20)29/h3-10,25,28-29H,11-16H2,1-2H3. The van der Waals surface area contributed by atoms with Gasteiger partial charge >= 0.3 is 0 Å². The molecule has 0 aliphatic carbocycles. The number of aliphatic imine (C=N–C) groups is 2. The summed E-state index contributed by atoms with van der Waals surface area (Å²) >= 11 is 0. The van der Waals surface area contributed by atoms with Gasteiger partial charge in [0.1, 0.15) is 11.5 Å². The Hall–Kier alpha value is -3.32. The highest BCUT2D eigenvalue weighted by molar-refractivity contribution is 6.10. The maximum atomic E-state index is 12.2. The lowest BCUT2D eigenvalue weighted by atomic mass is 10.1. The summed E-state index contributed by atoms with van der Waals surface area (Å²) in [6, 6.07) is 13.0. The molecule has 164 valence electrons. The fourth-order valence-corrected chi connectivity index (χ4v) is 2.96. The first-order valence-electron chi connectivity index (χ1n) is 10.2. The Morgan fingerprint density at radius 2 is 1.13 bits per heavy atom. The molecule has 7 heteroatoms. The molecule has 0 saturated heterocycles. The number of benzene rings is 2. The Morgan fingerprint density at radius 1 is 0.742 bits per heavy atom. The van der Waals surface area contributed by atoms with E-state index in [1.807, 2.05) is 0 Å². The number of carbonyl (C=O) groups excluding carboxylic acids is 2. The van der Waals surface area contributed by atoms with E-state index in [4.69, 9.17) is 0 Å². The van der Waals surface area contributed by atoms with Crippen LogP contribution in [0.15, 0.2) is 58.5 Å². The maximum Gasteiger partial charge on any atom is 0.172 e. The van der Waals surface area contributed by atoms with Crippen LogP contribution in [0.1, 0.15) is 47.4 Å². The fourth-order valence-electron chi connectivity index (χ4n) is 2.96. The maximum absolute atomic E-state index is 12.2. The molecule has 0 spiro atoms. The lowest BCUT2D eigenvalue weighted by Crippen LogP contribution is -2.22. The molecule has 0 atom stereocenters. The topological polar surface area (TPSA) is 111 Å². The number of carbonyl (C=O) groups is 2. The van der Waals surface area contributed by atoms with E-state index in [1.54, 1.807) is 50.2 Å². The lowest BCUT2D eigenvalue weighted by Gasteiger charge is -2.05. The summed E-state index contributed by atoms with van der Waals surface area (Å²) in [5.74, 6) is -0.342. The SMILES string of the molecule is CC(CC(=O)c1ccccc1O)=NCCNCCN=C(C)CC(=O)c1ccccc1O. The average Bonchev–Trinajstić information content (AvgIpc) is 2.73. The Labute approximate surface area is 182 Å². The molecule has 2 rings (SSSR count). The molecule has 0 bridgehead atoms. The van der Waals surface area contributed by atoms with Gasteiger partial charge in [-0.3, -0.25) is 19.6 Å². The Balaban J connectivity index is 1.65. The van der Waals surface area contributed by atoms with E-state index >= 15 is 0 Å². The number of phenolic OH excluding ortho intramolecular Hbond substituents is 2. The van der Waals surface area contributed by atoms with Gasteiger partial charge in [0.25, 0.3) is 0 Å². The van der Waals surface area contributed by atoms with Crippen molar-refractivity contribution in [3.63, 3.8) is 0 Å². The first-order valence-corrected chi connectivity index (χ1v) is 10.2. The third-order valence-electron chi connectivity index (χ3n) is 4.58. The second kappa shape index (κ2) is 12.4. The van der Waals surface area contributed by atoms with Crippen molar-refractivity contribution in [1.29, 1.82) is 0 Å². The molecule has 2 aromatic carbocycles. The first kappa shape index (κ1) is 24.0. The number of aromatic hydroxyl groups is 2. The highest BCUT2D eigenvalue weighted by Gasteiger charge is 2.12. The van der Waals surface area contributed by atoms with Gasteiger partial charge in [0.15, 0.2) is 11.6 Å². The molecule has 0 aromatic heterocycles. The Morgan fingerprint density at radius 3 is 1.52 bits per heavy atom. The zero-order chi connectivity index (χ0) is 22.6. The summed E-state index contributed by atoms with van der Waals surface area (Å²) in [6.45, 7) is 5.96. The van der Waals surface area contributed by atoms with Crippen LogP contribution >= 0.6 is 0 Å². The Kier molecular flexibility index (Phi) is 9.58. The number of Topliss-reactive ketones (excluding diaryl/α,β-unsaturated/α-hetero) is 2. The molecule has 0 saturated carbocycles. The minimum atomic E-state index is -0.157. The zero-order valence-corrected chi connectivity index (χ0v) is 18.0. The van der Waals surface area contributed by atoms with Crippen LogP contribution in [0.4, 0.5) is 0 Å². The van der Waals surface area contributed by atoms with Crippen molar-refractivity contribution in [3.8, 4) is 11.5 Å². The smallest absolute Gasteiger partial charge is 0.172 e. The molecule has 31 heavy (non-hydrogen) atoms. The predicted molar refractivity (Wildman–Crippen MR) is 123 cm³/mol. The predicted octanol–water partition coefficient (Wildman–Crippen LogP) is 3.46. The van der Waals surface area contributed by atoms with Gasteiger partial charge in [-0.2, -0.15) is 0 Å². The van der Waals surface area contributed by atoms with E-state index in [-0.39, 0.29) is 35.9 Å². The number of phenols is 2. The van der Waals surface area contributed by atoms with Gasteiger partial charge < -0.3 is 15.5 Å². The number of nitrogens with zero attached hydrogens (tertiary/aromatic N) is 2. The first-order chi connectivity index (χ1) is 14.9. The second-order valence-electron chi connectivity index (χ2n) is 7.22. The molecule has 0 amide bonds. The van der Waals surface area contributed by atoms with Crippen LogP contribution in [-0.2, 0) is 0 Å². The number of para-hydroxylation sites is 2. The molecule has 2 aromatic rings. The van der Waals surface area contributed by atoms with Gasteiger partial charge in [-0.15, -0.1) is 0 Å². The van der Waals surface area contributed by atoms with Crippen molar-refractivity contribution < 1.29 is 19.8 Å². The summed E-state index contributed by atoms with van der Waals surface area (Å²) in [6.07, 6.45) is 0.345. The number of ketones is 2. The summed E-state index contributed by atoms with van der Waals surface area (Å²) in [5.41, 5.74) is 2.05. The molecule has 0 unspecified atom stereocenters. The van der Waals surface area contributed by atoms with Crippen LogP contribution in [0.25, 0.3) is 0 Å². The molecule has 3 N–H and O–H groups in total. The van der Waals surface area contributed by atoms with E-state index in [9.17, 15) is 19.8 Å². The van der Waals surface area contributed by atoms with Crippen molar-refractivity contribution >= 4 is 23.0 Å². The quantitative estimate of drug-likeness (QED) is 0.275. The van der Waals surface area contributed by atoms with Crippen LogP contribution in [0.5, 0.6) is 11.5 Å². The van der Waals surface area contributed by atoms with Gasteiger partial charge in [0.05, 0.1) is 24.2 Å². The van der Waals surface area contributed by atoms with Gasteiger partial charge in [0.2, 0.25) is 0 Å². The van der Waals surface area contributed by atoms with Crippen LogP contribution in [0.3, 0.4) is 0 Å². The Bertz CT molecular complexity index is 889. The van der Waals surface area contributed by atoms with Crippen LogP contribution in [0.2, 0.25) is 0 Å². The van der Waals surface area contributed by atoms with E-state index in [0.29, 0.717) is 48.7 Å². The second-order valence-corrected chi connectivity index (χ2v) is 7.22. The van der Waals surface area contributed by atoms with Gasteiger partial charge in [0, 0.05) is 37.4 Å². The molecular formula is C24H29N3O4. The van der Waals surface area contributed by atoms with E-state index < -0.39 is 0 Å². The van der Waals surface area contributed by atoms with Crippen molar-refractivity contribution in [2.75, 3.05) is 26.2 Å². The van der Waals surface area contributed by atoms with E-state index in [1.165, 1.54) is 12.1 Å². The molecule has 0 aliphatic heterocycles. The van der Waals surface area contributed by atoms with Crippen LogP contribution in [0, 0.1) is 0 Å². The third-order valence-corrected chi connectivity index (χ3v) is 4.58.